The highest BCUT2D eigenvalue weighted by Gasteiger charge is 2.26. The lowest BCUT2D eigenvalue weighted by Gasteiger charge is -2.34. The fourth-order valence-corrected chi connectivity index (χ4v) is 2.69. The number of piperidine rings is 1. The van der Waals surface area contributed by atoms with Gasteiger partial charge in [-0.15, -0.1) is 0 Å². The second kappa shape index (κ2) is 7.07. The number of halogens is 1. The number of likely N-dealkylation sites (tertiary alicyclic amines) is 1. The zero-order valence-corrected chi connectivity index (χ0v) is 12.4. The topological polar surface area (TPSA) is 52.6 Å². The molecule has 0 spiro atoms. The van der Waals surface area contributed by atoms with E-state index in [-0.39, 0.29) is 18.6 Å². The third kappa shape index (κ3) is 3.95. The number of rotatable bonds is 4. The van der Waals surface area contributed by atoms with E-state index in [0.29, 0.717) is 10.9 Å². The molecule has 1 aliphatic heterocycles. The van der Waals surface area contributed by atoms with Gasteiger partial charge in [0.25, 0.3) is 0 Å². The molecule has 0 aliphatic carbocycles. The number of carbonyl (C=O) groups is 1. The van der Waals surface area contributed by atoms with Crippen LogP contribution in [0.3, 0.4) is 0 Å². The van der Waals surface area contributed by atoms with E-state index in [1.165, 1.54) is 0 Å². The van der Waals surface area contributed by atoms with E-state index < -0.39 is 0 Å². The van der Waals surface area contributed by atoms with Crippen LogP contribution in [0.1, 0.15) is 19.8 Å². The van der Waals surface area contributed by atoms with E-state index >= 15 is 0 Å². The minimum atomic E-state index is -0.173. The first kappa shape index (κ1) is 15.3. The number of carbonyl (C=O) groups excluding carboxylic acids is 1. The zero-order valence-electron chi connectivity index (χ0n) is 11.7. The molecule has 1 saturated heterocycles. The summed E-state index contributed by atoms with van der Waals surface area (Å²) in [6.45, 7) is 3.88. The van der Waals surface area contributed by atoms with E-state index in [4.69, 9.17) is 16.7 Å². The summed E-state index contributed by atoms with van der Waals surface area (Å²) in [6, 6.07) is 6.99. The second-order valence-electron chi connectivity index (χ2n) is 5.34. The molecule has 1 aromatic carbocycles. The van der Waals surface area contributed by atoms with Crippen LogP contribution in [0.5, 0.6) is 0 Å². The molecular formula is C15H21ClN2O2. The average molecular weight is 297 g/mol. The lowest BCUT2D eigenvalue weighted by atomic mass is 9.97. The number of hydrogen-bond donors (Lipinski definition) is 2. The molecule has 0 bridgehead atoms. The molecule has 1 unspecified atom stereocenters. The molecule has 1 fully saturated rings. The van der Waals surface area contributed by atoms with Crippen LogP contribution in [-0.4, -0.2) is 41.7 Å². The van der Waals surface area contributed by atoms with Gasteiger partial charge in [0.15, 0.2) is 0 Å². The predicted octanol–water partition coefficient (Wildman–Crippen LogP) is 2.37. The average Bonchev–Trinajstić information content (AvgIpc) is 2.46. The maximum Gasteiger partial charge on any atom is 0.241 e. The fraction of sp³-hybridized carbons (Fsp3) is 0.533. The van der Waals surface area contributed by atoms with Crippen molar-refractivity contribution in [3.8, 4) is 0 Å². The van der Waals surface area contributed by atoms with Crippen LogP contribution in [0, 0.1) is 5.92 Å². The minimum absolute atomic E-state index is 0.0188. The summed E-state index contributed by atoms with van der Waals surface area (Å²) in [5.74, 6) is 0.365. The van der Waals surface area contributed by atoms with Gasteiger partial charge in [0.05, 0.1) is 6.04 Å². The second-order valence-corrected chi connectivity index (χ2v) is 5.77. The maximum atomic E-state index is 12.2. The molecular weight excluding hydrogens is 276 g/mol. The van der Waals surface area contributed by atoms with Gasteiger partial charge < -0.3 is 10.4 Å². The van der Waals surface area contributed by atoms with E-state index in [0.717, 1.165) is 31.6 Å². The van der Waals surface area contributed by atoms with Crippen LogP contribution in [0.4, 0.5) is 5.69 Å². The Kier molecular flexibility index (Phi) is 5.40. The van der Waals surface area contributed by atoms with Gasteiger partial charge in [0.2, 0.25) is 5.91 Å². The van der Waals surface area contributed by atoms with Gasteiger partial charge in [-0.3, -0.25) is 9.69 Å². The number of nitrogens with one attached hydrogen (secondary N) is 1. The van der Waals surface area contributed by atoms with Crippen molar-refractivity contribution >= 4 is 23.2 Å². The maximum absolute atomic E-state index is 12.2. The van der Waals surface area contributed by atoms with Crippen LogP contribution in [-0.2, 0) is 4.79 Å². The van der Waals surface area contributed by atoms with E-state index in [1.54, 1.807) is 12.1 Å². The van der Waals surface area contributed by atoms with Crippen molar-refractivity contribution in [2.75, 3.05) is 25.0 Å². The quantitative estimate of drug-likeness (QED) is 0.897. The molecule has 20 heavy (non-hydrogen) atoms. The molecule has 1 amide bonds. The Balaban J connectivity index is 1.89. The standard InChI is InChI=1S/C15H21ClN2O2/c1-11(18-7-5-12(10-19)6-8-18)15(20)17-14-4-2-3-13(16)9-14/h2-4,9,11-12,19H,5-8,10H2,1H3,(H,17,20). The Morgan fingerprint density at radius 1 is 1.50 bits per heavy atom. The fourth-order valence-electron chi connectivity index (χ4n) is 2.50. The Labute approximate surface area is 124 Å². The van der Waals surface area contributed by atoms with Gasteiger partial charge in [0.1, 0.15) is 0 Å². The number of anilines is 1. The molecule has 1 atom stereocenters. The van der Waals surface area contributed by atoms with Crippen molar-refractivity contribution < 1.29 is 9.90 Å². The monoisotopic (exact) mass is 296 g/mol. The number of nitrogens with zero attached hydrogens (tertiary/aromatic N) is 1. The summed E-state index contributed by atoms with van der Waals surface area (Å²) in [7, 11) is 0. The molecule has 0 radical (unpaired) electrons. The smallest absolute Gasteiger partial charge is 0.241 e. The summed E-state index contributed by atoms with van der Waals surface area (Å²) in [5, 5.41) is 12.6. The van der Waals surface area contributed by atoms with E-state index in [2.05, 4.69) is 10.2 Å². The SMILES string of the molecule is CC(C(=O)Nc1cccc(Cl)c1)N1CCC(CO)CC1. The summed E-state index contributed by atoms with van der Waals surface area (Å²) in [6.07, 6.45) is 1.90. The number of hydrogen-bond acceptors (Lipinski definition) is 3. The molecule has 0 saturated carbocycles. The first-order valence-corrected chi connectivity index (χ1v) is 7.39. The Hall–Kier alpha value is -1.10. The lowest BCUT2D eigenvalue weighted by Crippen LogP contribution is -2.46. The van der Waals surface area contributed by atoms with Crippen molar-refractivity contribution in [2.24, 2.45) is 5.92 Å². The normalized spacial score (nSPS) is 18.8. The highest BCUT2D eigenvalue weighted by Crippen LogP contribution is 2.20. The Morgan fingerprint density at radius 3 is 2.80 bits per heavy atom. The number of aliphatic hydroxyl groups is 1. The van der Waals surface area contributed by atoms with Crippen molar-refractivity contribution in [3.63, 3.8) is 0 Å². The molecule has 1 heterocycles. The van der Waals surface area contributed by atoms with E-state index in [1.807, 2.05) is 19.1 Å². The van der Waals surface area contributed by atoms with Crippen LogP contribution >= 0.6 is 11.6 Å². The highest BCUT2D eigenvalue weighted by atomic mass is 35.5. The van der Waals surface area contributed by atoms with Crippen LogP contribution in [0.15, 0.2) is 24.3 Å². The summed E-state index contributed by atoms with van der Waals surface area (Å²) < 4.78 is 0. The van der Waals surface area contributed by atoms with E-state index in [9.17, 15) is 4.79 Å². The molecule has 2 N–H and O–H groups in total. The zero-order chi connectivity index (χ0) is 14.5. The van der Waals surface area contributed by atoms with Crippen LogP contribution < -0.4 is 5.32 Å². The predicted molar refractivity (Wildman–Crippen MR) is 80.9 cm³/mol. The number of amides is 1. The van der Waals surface area contributed by atoms with Gasteiger partial charge >= 0.3 is 0 Å². The number of aliphatic hydroxyl groups excluding tert-OH is 1. The van der Waals surface area contributed by atoms with Gasteiger partial charge in [0, 0.05) is 17.3 Å². The highest BCUT2D eigenvalue weighted by molar-refractivity contribution is 6.30. The van der Waals surface area contributed by atoms with Gasteiger partial charge in [-0.1, -0.05) is 17.7 Å². The molecule has 2 rings (SSSR count). The Morgan fingerprint density at radius 2 is 2.20 bits per heavy atom. The first-order chi connectivity index (χ1) is 9.60. The van der Waals surface area contributed by atoms with Gasteiger partial charge in [-0.05, 0) is 57.0 Å². The largest absolute Gasteiger partial charge is 0.396 e. The molecule has 0 aromatic heterocycles. The van der Waals surface area contributed by atoms with Crippen molar-refractivity contribution in [2.45, 2.75) is 25.8 Å². The molecule has 1 aromatic rings. The van der Waals surface area contributed by atoms with Crippen molar-refractivity contribution in [3.05, 3.63) is 29.3 Å². The van der Waals surface area contributed by atoms with Gasteiger partial charge in [-0.2, -0.15) is 0 Å². The molecule has 110 valence electrons. The summed E-state index contributed by atoms with van der Waals surface area (Å²) in [4.78, 5) is 14.4. The summed E-state index contributed by atoms with van der Waals surface area (Å²) in [5.41, 5.74) is 0.722. The first-order valence-electron chi connectivity index (χ1n) is 7.01. The Bertz CT molecular complexity index is 459. The van der Waals surface area contributed by atoms with Crippen molar-refractivity contribution in [1.29, 1.82) is 0 Å². The summed E-state index contributed by atoms with van der Waals surface area (Å²) >= 11 is 5.90. The lowest BCUT2D eigenvalue weighted by molar-refractivity contribution is -0.121. The van der Waals surface area contributed by atoms with Crippen LogP contribution in [0.2, 0.25) is 5.02 Å². The third-order valence-electron chi connectivity index (χ3n) is 3.93. The third-order valence-corrected chi connectivity index (χ3v) is 4.16. The molecule has 4 nitrogen and oxygen atoms in total. The van der Waals surface area contributed by atoms with Gasteiger partial charge in [-0.25, -0.2) is 0 Å². The van der Waals surface area contributed by atoms with Crippen molar-refractivity contribution in [1.82, 2.24) is 4.90 Å². The molecule has 1 aliphatic rings. The van der Waals surface area contributed by atoms with Crippen LogP contribution in [0.25, 0.3) is 0 Å². The minimum Gasteiger partial charge on any atom is -0.396 e. The number of benzene rings is 1. The molecule has 5 heteroatoms.